The van der Waals surface area contributed by atoms with E-state index in [4.69, 9.17) is 5.73 Å². The summed E-state index contributed by atoms with van der Waals surface area (Å²) in [6, 6.07) is 3.94. The second-order valence-corrected chi connectivity index (χ2v) is 7.04. The number of hydrogen-bond acceptors (Lipinski definition) is 3. The first-order valence-corrected chi connectivity index (χ1v) is 8.49. The van der Waals surface area contributed by atoms with Crippen molar-refractivity contribution in [2.75, 3.05) is 6.54 Å². The molecule has 0 amide bonds. The van der Waals surface area contributed by atoms with Crippen LogP contribution in [0.1, 0.15) is 37.7 Å². The maximum atomic E-state index is 13.7. The predicted molar refractivity (Wildman–Crippen MR) is 76.1 cm³/mol. The first-order valence-electron chi connectivity index (χ1n) is 7.01. The molecule has 0 unspecified atom stereocenters. The van der Waals surface area contributed by atoms with Crippen LogP contribution in [0.5, 0.6) is 0 Å². The standard InChI is InChI=1S/C14H21FN2O2S/c15-13-6-5-12(10-16)9-14(13)20(18,19)17-8-7-11-3-1-2-4-11/h5-6,9,11,17H,1-4,7-8,10,16H2. The first-order chi connectivity index (χ1) is 9.53. The zero-order valence-corrected chi connectivity index (χ0v) is 12.3. The normalized spacial score (nSPS) is 16.7. The Morgan fingerprint density at radius 1 is 1.30 bits per heavy atom. The third-order valence-corrected chi connectivity index (χ3v) is 5.32. The molecule has 0 saturated heterocycles. The van der Waals surface area contributed by atoms with Gasteiger partial charge in [-0.15, -0.1) is 0 Å². The lowest BCUT2D eigenvalue weighted by atomic mass is 10.1. The third kappa shape index (κ3) is 3.77. The number of hydrogen-bond donors (Lipinski definition) is 2. The van der Waals surface area contributed by atoms with Gasteiger partial charge in [0.05, 0.1) is 0 Å². The lowest BCUT2D eigenvalue weighted by Gasteiger charge is -2.11. The SMILES string of the molecule is NCc1ccc(F)c(S(=O)(=O)NCCC2CCCC2)c1. The lowest BCUT2D eigenvalue weighted by Crippen LogP contribution is -2.27. The smallest absolute Gasteiger partial charge is 0.243 e. The van der Waals surface area contributed by atoms with Crippen molar-refractivity contribution >= 4 is 10.0 Å². The van der Waals surface area contributed by atoms with E-state index in [1.54, 1.807) is 0 Å². The number of nitrogens with two attached hydrogens (primary N) is 1. The molecule has 112 valence electrons. The number of halogens is 1. The molecule has 1 aliphatic carbocycles. The zero-order valence-electron chi connectivity index (χ0n) is 11.4. The Hall–Kier alpha value is -0.980. The van der Waals surface area contributed by atoms with Crippen molar-refractivity contribution < 1.29 is 12.8 Å². The fraction of sp³-hybridized carbons (Fsp3) is 0.571. The molecular formula is C14H21FN2O2S. The Morgan fingerprint density at radius 3 is 2.65 bits per heavy atom. The largest absolute Gasteiger partial charge is 0.326 e. The van der Waals surface area contributed by atoms with Gasteiger partial charge in [0.15, 0.2) is 0 Å². The Morgan fingerprint density at radius 2 is 2.00 bits per heavy atom. The van der Waals surface area contributed by atoms with E-state index in [1.807, 2.05) is 0 Å². The summed E-state index contributed by atoms with van der Waals surface area (Å²) in [5.41, 5.74) is 6.06. The fourth-order valence-electron chi connectivity index (χ4n) is 2.65. The zero-order chi connectivity index (χ0) is 14.6. The van der Waals surface area contributed by atoms with Crippen molar-refractivity contribution in [1.29, 1.82) is 0 Å². The van der Waals surface area contributed by atoms with E-state index in [2.05, 4.69) is 4.72 Å². The maximum Gasteiger partial charge on any atom is 0.243 e. The number of sulfonamides is 1. The van der Waals surface area contributed by atoms with E-state index in [9.17, 15) is 12.8 Å². The average molecular weight is 300 g/mol. The van der Waals surface area contributed by atoms with Crippen LogP contribution in [0.25, 0.3) is 0 Å². The fourth-order valence-corrected chi connectivity index (χ4v) is 3.83. The van der Waals surface area contributed by atoms with E-state index < -0.39 is 15.8 Å². The summed E-state index contributed by atoms with van der Waals surface area (Å²) in [6.45, 7) is 0.546. The van der Waals surface area contributed by atoms with Gasteiger partial charge in [0, 0.05) is 13.1 Å². The molecule has 0 bridgehead atoms. The molecule has 0 spiro atoms. The van der Waals surface area contributed by atoms with Gasteiger partial charge in [0.1, 0.15) is 10.7 Å². The molecule has 1 fully saturated rings. The van der Waals surface area contributed by atoms with Gasteiger partial charge in [-0.3, -0.25) is 0 Å². The maximum absolute atomic E-state index is 13.7. The Labute approximate surface area is 119 Å². The summed E-state index contributed by atoms with van der Waals surface area (Å²) in [7, 11) is -3.80. The van der Waals surface area contributed by atoms with E-state index in [0.717, 1.165) is 12.5 Å². The van der Waals surface area contributed by atoms with Crippen molar-refractivity contribution in [2.24, 2.45) is 11.7 Å². The van der Waals surface area contributed by atoms with Gasteiger partial charge < -0.3 is 5.73 Å². The van der Waals surface area contributed by atoms with Crippen LogP contribution in [0.15, 0.2) is 23.1 Å². The average Bonchev–Trinajstić information content (AvgIpc) is 2.92. The Balaban J connectivity index is 2.01. The highest BCUT2D eigenvalue weighted by molar-refractivity contribution is 7.89. The molecule has 6 heteroatoms. The number of nitrogens with one attached hydrogen (secondary N) is 1. The highest BCUT2D eigenvalue weighted by atomic mass is 32.2. The van der Waals surface area contributed by atoms with Crippen LogP contribution in [-0.4, -0.2) is 15.0 Å². The summed E-state index contributed by atoms with van der Waals surface area (Å²) in [5.74, 6) is -0.145. The van der Waals surface area contributed by atoms with E-state index in [0.29, 0.717) is 18.0 Å². The summed E-state index contributed by atoms with van der Waals surface area (Å²) in [5, 5.41) is 0. The monoisotopic (exact) mass is 300 g/mol. The van der Waals surface area contributed by atoms with Crippen LogP contribution in [-0.2, 0) is 16.6 Å². The molecule has 1 aliphatic rings. The van der Waals surface area contributed by atoms with Crippen molar-refractivity contribution in [1.82, 2.24) is 4.72 Å². The quantitative estimate of drug-likeness (QED) is 0.845. The second kappa shape index (κ2) is 6.65. The van der Waals surface area contributed by atoms with Crippen molar-refractivity contribution in [3.63, 3.8) is 0 Å². The van der Waals surface area contributed by atoms with Crippen LogP contribution >= 0.6 is 0 Å². The highest BCUT2D eigenvalue weighted by Crippen LogP contribution is 2.27. The predicted octanol–water partition coefficient (Wildman–Crippen LogP) is 2.14. The molecule has 3 N–H and O–H groups in total. The van der Waals surface area contributed by atoms with Crippen LogP contribution in [0.2, 0.25) is 0 Å². The summed E-state index contributed by atoms with van der Waals surface area (Å²) >= 11 is 0. The van der Waals surface area contributed by atoms with E-state index >= 15 is 0 Å². The molecule has 1 aromatic rings. The van der Waals surface area contributed by atoms with Crippen LogP contribution in [0, 0.1) is 11.7 Å². The van der Waals surface area contributed by atoms with Crippen LogP contribution in [0.3, 0.4) is 0 Å². The minimum atomic E-state index is -3.80. The molecule has 0 radical (unpaired) electrons. The lowest BCUT2D eigenvalue weighted by molar-refractivity contribution is 0.494. The minimum Gasteiger partial charge on any atom is -0.326 e. The van der Waals surface area contributed by atoms with E-state index in [1.165, 1.54) is 37.8 Å². The first kappa shape index (κ1) is 15.4. The molecule has 0 heterocycles. The highest BCUT2D eigenvalue weighted by Gasteiger charge is 2.20. The van der Waals surface area contributed by atoms with Crippen molar-refractivity contribution in [3.8, 4) is 0 Å². The van der Waals surface area contributed by atoms with Crippen molar-refractivity contribution in [2.45, 2.75) is 43.5 Å². The molecule has 0 atom stereocenters. The minimum absolute atomic E-state index is 0.185. The van der Waals surface area contributed by atoms with Crippen molar-refractivity contribution in [3.05, 3.63) is 29.6 Å². The third-order valence-electron chi connectivity index (χ3n) is 3.84. The van der Waals surface area contributed by atoms with Gasteiger partial charge in [-0.1, -0.05) is 31.7 Å². The Kier molecular flexibility index (Phi) is 5.12. The van der Waals surface area contributed by atoms with Gasteiger partial charge in [-0.05, 0) is 30.0 Å². The van der Waals surface area contributed by atoms with Gasteiger partial charge in [0.2, 0.25) is 10.0 Å². The van der Waals surface area contributed by atoms with Gasteiger partial charge in [-0.25, -0.2) is 17.5 Å². The topological polar surface area (TPSA) is 72.2 Å². The van der Waals surface area contributed by atoms with E-state index in [-0.39, 0.29) is 11.4 Å². The summed E-state index contributed by atoms with van der Waals surface area (Å²) in [6.07, 6.45) is 5.60. The molecule has 0 aliphatic heterocycles. The summed E-state index contributed by atoms with van der Waals surface area (Å²) in [4.78, 5) is -0.313. The van der Waals surface area contributed by atoms with Gasteiger partial charge in [-0.2, -0.15) is 0 Å². The molecule has 1 aromatic carbocycles. The van der Waals surface area contributed by atoms with Gasteiger partial charge >= 0.3 is 0 Å². The molecule has 1 saturated carbocycles. The molecule has 2 rings (SSSR count). The van der Waals surface area contributed by atoms with Crippen LogP contribution < -0.4 is 10.5 Å². The van der Waals surface area contributed by atoms with Crippen LogP contribution in [0.4, 0.5) is 4.39 Å². The summed E-state index contributed by atoms with van der Waals surface area (Å²) < 4.78 is 40.4. The van der Waals surface area contributed by atoms with Gasteiger partial charge in [0.25, 0.3) is 0 Å². The molecule has 0 aromatic heterocycles. The second-order valence-electron chi connectivity index (χ2n) is 5.31. The number of benzene rings is 1. The Bertz CT molecular complexity index is 554. The molecule has 4 nitrogen and oxygen atoms in total. The molecular weight excluding hydrogens is 279 g/mol. The number of rotatable bonds is 6. The molecule has 20 heavy (non-hydrogen) atoms.